The van der Waals surface area contributed by atoms with Crippen LogP contribution in [0, 0.1) is 0 Å². The predicted molar refractivity (Wildman–Crippen MR) is 90.5 cm³/mol. The summed E-state index contributed by atoms with van der Waals surface area (Å²) in [6.45, 7) is 2.13. The summed E-state index contributed by atoms with van der Waals surface area (Å²) in [6.07, 6.45) is 0. The highest BCUT2D eigenvalue weighted by Gasteiger charge is 2.20. The number of hydrogen-bond acceptors (Lipinski definition) is 4. The number of primary amides is 1. The highest BCUT2D eigenvalue weighted by molar-refractivity contribution is 9.10. The summed E-state index contributed by atoms with van der Waals surface area (Å²) in [5, 5.41) is 2.07. The number of hydrogen-bond donors (Lipinski definition) is 2. The van der Waals surface area contributed by atoms with Crippen molar-refractivity contribution < 1.29 is 14.0 Å². The van der Waals surface area contributed by atoms with Crippen LogP contribution in [-0.4, -0.2) is 29.9 Å². The minimum Gasteiger partial charge on any atom is -0.460 e. The maximum Gasteiger partial charge on any atom is 0.318 e. The predicted octanol–water partition coefficient (Wildman–Crippen LogP) is 2.72. The van der Waals surface area contributed by atoms with Gasteiger partial charge in [0.2, 0.25) is 5.91 Å². The molecule has 0 aliphatic rings. The second kappa shape index (κ2) is 7.43. The Bertz CT molecular complexity index is 697. The monoisotopic (exact) mass is 379 g/mol. The lowest BCUT2D eigenvalue weighted by Gasteiger charge is -2.22. The number of likely N-dealkylation sites (N-methyl/N-ethyl adjacent to an activating group) is 1. The van der Waals surface area contributed by atoms with Crippen LogP contribution in [0.15, 0.2) is 45.3 Å². The van der Waals surface area contributed by atoms with Crippen LogP contribution in [0.4, 0.5) is 4.79 Å². The molecule has 0 spiro atoms. The van der Waals surface area contributed by atoms with Gasteiger partial charge in [-0.1, -0.05) is 28.1 Å². The van der Waals surface area contributed by atoms with Gasteiger partial charge in [0.05, 0.1) is 12.6 Å². The number of nitrogens with two attached hydrogens (primary N) is 1. The number of nitrogens with one attached hydrogen (secondary N) is 1. The normalized spacial score (nSPS) is 12.2. The summed E-state index contributed by atoms with van der Waals surface area (Å²) in [5.41, 5.74) is 5.92. The summed E-state index contributed by atoms with van der Waals surface area (Å²) < 4.78 is 6.81. The highest BCUT2D eigenvalue weighted by atomic mass is 79.9. The number of carbonyl (C=O) groups is 2. The second-order valence-electron chi connectivity index (χ2n) is 5.22. The van der Waals surface area contributed by atoms with Crippen LogP contribution in [0.25, 0.3) is 11.3 Å². The molecule has 2 rings (SSSR count). The molecule has 0 aliphatic carbocycles. The van der Waals surface area contributed by atoms with Crippen LogP contribution < -0.4 is 11.1 Å². The molecule has 3 N–H and O–H groups in total. The third-order valence-corrected chi connectivity index (χ3v) is 4.01. The largest absolute Gasteiger partial charge is 0.460 e. The summed E-state index contributed by atoms with van der Waals surface area (Å²) in [7, 11) is 1.77. The average Bonchev–Trinajstić information content (AvgIpc) is 2.94. The zero-order valence-electron chi connectivity index (χ0n) is 12.9. The molecule has 0 radical (unpaired) electrons. The van der Waals surface area contributed by atoms with Crippen molar-refractivity contribution in [3.05, 3.63) is 46.6 Å². The van der Waals surface area contributed by atoms with Crippen molar-refractivity contribution in [2.45, 2.75) is 19.5 Å². The number of carbonyl (C=O) groups excluding carboxylic acids is 2. The average molecular weight is 380 g/mol. The van der Waals surface area contributed by atoms with Crippen molar-refractivity contribution in [1.82, 2.24) is 10.2 Å². The van der Waals surface area contributed by atoms with Crippen LogP contribution >= 0.6 is 15.9 Å². The number of nitrogens with zero attached hydrogens (tertiary/aromatic N) is 1. The maximum atomic E-state index is 11.8. The molecule has 7 heteroatoms. The van der Waals surface area contributed by atoms with Crippen molar-refractivity contribution >= 4 is 27.9 Å². The lowest BCUT2D eigenvalue weighted by molar-refractivity contribution is -0.124. The van der Waals surface area contributed by atoms with Gasteiger partial charge in [0.1, 0.15) is 11.5 Å². The number of rotatable bonds is 5. The van der Waals surface area contributed by atoms with Crippen LogP contribution in [0.2, 0.25) is 0 Å². The van der Waals surface area contributed by atoms with Gasteiger partial charge >= 0.3 is 6.03 Å². The third kappa shape index (κ3) is 4.67. The number of urea groups is 1. The molecule has 6 nitrogen and oxygen atoms in total. The summed E-state index contributed by atoms with van der Waals surface area (Å²) in [4.78, 5) is 24.3. The molecule has 0 bridgehead atoms. The zero-order valence-corrected chi connectivity index (χ0v) is 14.5. The van der Waals surface area contributed by atoms with Crippen molar-refractivity contribution in [2.24, 2.45) is 5.73 Å². The molecular formula is C16H18BrN3O3. The number of benzene rings is 1. The first kappa shape index (κ1) is 17.2. The molecular weight excluding hydrogens is 362 g/mol. The van der Waals surface area contributed by atoms with Crippen molar-refractivity contribution in [3.8, 4) is 11.3 Å². The molecule has 0 fully saturated rings. The second-order valence-corrected chi connectivity index (χ2v) is 6.13. The van der Waals surface area contributed by atoms with E-state index in [1.165, 1.54) is 0 Å². The minimum absolute atomic E-state index is 0.434. The maximum absolute atomic E-state index is 11.8. The Labute approximate surface area is 142 Å². The molecule has 122 valence electrons. The minimum atomic E-state index is -0.856. The van der Waals surface area contributed by atoms with E-state index in [9.17, 15) is 9.59 Å². The van der Waals surface area contributed by atoms with Gasteiger partial charge in [-0.25, -0.2) is 4.79 Å². The first-order chi connectivity index (χ1) is 10.9. The lowest BCUT2D eigenvalue weighted by atomic mass is 10.2. The van der Waals surface area contributed by atoms with E-state index < -0.39 is 18.0 Å². The van der Waals surface area contributed by atoms with Crippen LogP contribution in [0.1, 0.15) is 12.7 Å². The van der Waals surface area contributed by atoms with E-state index in [1.54, 1.807) is 18.9 Å². The third-order valence-electron chi connectivity index (χ3n) is 3.48. The van der Waals surface area contributed by atoms with Crippen molar-refractivity contribution in [1.29, 1.82) is 0 Å². The standard InChI is InChI=1S/C16H18BrN3O3/c1-10(15(21)19-16(18)22)20(2)9-13-7-8-14(23-13)11-3-5-12(17)6-4-11/h3-8,10H,9H2,1-2H3,(H3,18,19,21,22)/t10-/m1/s1. The Morgan fingerprint density at radius 3 is 2.52 bits per heavy atom. The van der Waals surface area contributed by atoms with Gasteiger partial charge in [0.15, 0.2) is 0 Å². The van der Waals surface area contributed by atoms with E-state index in [2.05, 4.69) is 21.2 Å². The van der Waals surface area contributed by atoms with Gasteiger partial charge in [-0.15, -0.1) is 0 Å². The van der Waals surface area contributed by atoms with E-state index in [0.717, 1.165) is 21.6 Å². The zero-order chi connectivity index (χ0) is 17.0. The Morgan fingerprint density at radius 2 is 1.91 bits per heavy atom. The Balaban J connectivity index is 2.02. The van der Waals surface area contributed by atoms with Gasteiger partial charge < -0.3 is 10.2 Å². The van der Waals surface area contributed by atoms with Crippen molar-refractivity contribution in [3.63, 3.8) is 0 Å². The van der Waals surface area contributed by atoms with E-state index in [0.29, 0.717) is 6.54 Å². The fraction of sp³-hybridized carbons (Fsp3) is 0.250. The fourth-order valence-corrected chi connectivity index (χ4v) is 2.31. The molecule has 0 saturated carbocycles. The van der Waals surface area contributed by atoms with Crippen LogP contribution in [0.3, 0.4) is 0 Å². The van der Waals surface area contributed by atoms with Gasteiger partial charge in [0.25, 0.3) is 0 Å². The van der Waals surface area contributed by atoms with Gasteiger partial charge in [-0.05, 0) is 38.2 Å². The van der Waals surface area contributed by atoms with E-state index in [1.807, 2.05) is 36.4 Å². The summed E-state index contributed by atoms with van der Waals surface area (Å²) in [6, 6.07) is 10.2. The molecule has 2 aromatic rings. The van der Waals surface area contributed by atoms with Crippen LogP contribution in [-0.2, 0) is 11.3 Å². The summed E-state index contributed by atoms with van der Waals surface area (Å²) >= 11 is 3.39. The topological polar surface area (TPSA) is 88.6 Å². The van der Waals surface area contributed by atoms with Crippen LogP contribution in [0.5, 0.6) is 0 Å². The Kier molecular flexibility index (Phi) is 5.57. The molecule has 1 aromatic carbocycles. The Morgan fingerprint density at radius 1 is 1.26 bits per heavy atom. The molecule has 0 saturated heterocycles. The van der Waals surface area contributed by atoms with Gasteiger partial charge in [-0.2, -0.15) is 0 Å². The van der Waals surface area contributed by atoms with E-state index in [4.69, 9.17) is 10.2 Å². The molecule has 0 aliphatic heterocycles. The number of imide groups is 1. The smallest absolute Gasteiger partial charge is 0.318 e. The van der Waals surface area contributed by atoms with Gasteiger partial charge in [0, 0.05) is 10.0 Å². The van der Waals surface area contributed by atoms with Gasteiger partial charge in [-0.3, -0.25) is 15.0 Å². The highest BCUT2D eigenvalue weighted by Crippen LogP contribution is 2.24. The molecule has 0 unspecified atom stereocenters. The quantitative estimate of drug-likeness (QED) is 0.835. The lowest BCUT2D eigenvalue weighted by Crippen LogP contribution is -2.46. The summed E-state index contributed by atoms with van der Waals surface area (Å²) in [5.74, 6) is 1.04. The number of halogens is 1. The molecule has 1 heterocycles. The number of amides is 3. The number of furan rings is 1. The SMILES string of the molecule is C[C@H](C(=O)NC(N)=O)N(C)Cc1ccc(-c2ccc(Br)cc2)o1. The first-order valence-electron chi connectivity index (χ1n) is 7.02. The first-order valence-corrected chi connectivity index (χ1v) is 7.81. The molecule has 23 heavy (non-hydrogen) atoms. The van der Waals surface area contributed by atoms with E-state index in [-0.39, 0.29) is 0 Å². The molecule has 3 amide bonds. The molecule has 1 atom stereocenters. The fourth-order valence-electron chi connectivity index (χ4n) is 2.04. The van der Waals surface area contributed by atoms with E-state index >= 15 is 0 Å². The molecule has 1 aromatic heterocycles. The Hall–Kier alpha value is -2.12. The van der Waals surface area contributed by atoms with Crippen molar-refractivity contribution in [2.75, 3.05) is 7.05 Å².